The summed E-state index contributed by atoms with van der Waals surface area (Å²) in [5, 5.41) is 8.55. The van der Waals surface area contributed by atoms with E-state index in [1.807, 2.05) is 84.9 Å². The molecule has 0 amide bonds. The zero-order chi connectivity index (χ0) is 51.9. The fourth-order valence-electron chi connectivity index (χ4n) is 13.3. The van der Waals surface area contributed by atoms with Crippen molar-refractivity contribution in [3.8, 4) is 17.2 Å². The van der Waals surface area contributed by atoms with Crippen molar-refractivity contribution in [2.45, 2.75) is 150 Å². The summed E-state index contributed by atoms with van der Waals surface area (Å²) in [4.78, 5) is 30.3. The first-order valence-electron chi connectivity index (χ1n) is 28.1. The van der Waals surface area contributed by atoms with Crippen LogP contribution >= 0.6 is 0 Å². The standard InChI is InChI=1S/C64H83N3O7/c1-45(2)13-11-14-46(3)58-34-35-59-57-33-20-49-43-56(36-38-63(49,4)60(57)37-39-64(58,59)5)74-61(68)15-12-42-72-54-27-16-47(17-28-54)44-65-50-21-18-48(19-22-50)62(69)73-41-10-8-7-9-40-71-55-31-25-52(26-32-55)67-66-51-23-29-53(70-6)30-24-51/h16-32,44-46,56-60H,7-15,33-43H2,1-6H3/t46-,56+,57+,58-,59+,60+,63+,64-/m1/s1. The second-order valence-electron chi connectivity index (χ2n) is 22.8. The van der Waals surface area contributed by atoms with Crippen molar-refractivity contribution in [2.75, 3.05) is 26.9 Å². The molecule has 74 heavy (non-hydrogen) atoms. The molecule has 0 bridgehead atoms. The third-order valence-electron chi connectivity index (χ3n) is 17.4. The molecule has 0 heterocycles. The maximum atomic E-state index is 13.0. The monoisotopic (exact) mass is 1010 g/mol. The predicted octanol–water partition coefficient (Wildman–Crippen LogP) is 16.8. The first-order valence-corrected chi connectivity index (χ1v) is 28.1. The van der Waals surface area contributed by atoms with Crippen LogP contribution in [0.1, 0.15) is 160 Å². The topological polar surface area (TPSA) is 117 Å². The van der Waals surface area contributed by atoms with Gasteiger partial charge in [-0.15, -0.1) is 0 Å². The Balaban J connectivity index is 0.666. The van der Waals surface area contributed by atoms with Gasteiger partial charge in [-0.3, -0.25) is 9.79 Å². The highest BCUT2D eigenvalue weighted by Crippen LogP contribution is 2.67. The van der Waals surface area contributed by atoms with Crippen LogP contribution in [0.25, 0.3) is 0 Å². The summed E-state index contributed by atoms with van der Waals surface area (Å²) in [6.07, 6.45) is 22.9. The van der Waals surface area contributed by atoms with Crippen LogP contribution in [0.15, 0.2) is 124 Å². The number of benzene rings is 4. The minimum absolute atomic E-state index is 0.0152. The third kappa shape index (κ3) is 14.3. The molecule has 8 atom stereocenters. The molecular formula is C64H83N3O7. The summed E-state index contributed by atoms with van der Waals surface area (Å²) < 4.78 is 28.7. The average Bonchev–Trinajstić information content (AvgIpc) is 3.78. The maximum absolute atomic E-state index is 13.0. The predicted molar refractivity (Wildman–Crippen MR) is 296 cm³/mol. The number of hydrogen-bond donors (Lipinski definition) is 0. The van der Waals surface area contributed by atoms with Crippen LogP contribution in [0.2, 0.25) is 0 Å². The van der Waals surface area contributed by atoms with Crippen LogP contribution < -0.4 is 14.2 Å². The van der Waals surface area contributed by atoms with Crippen LogP contribution in [0.5, 0.6) is 17.2 Å². The Kier molecular flexibility index (Phi) is 19.2. The van der Waals surface area contributed by atoms with Gasteiger partial charge in [0.1, 0.15) is 23.4 Å². The van der Waals surface area contributed by atoms with Crippen molar-refractivity contribution in [1.82, 2.24) is 0 Å². The summed E-state index contributed by atoms with van der Waals surface area (Å²) in [7, 11) is 1.63. The highest BCUT2D eigenvalue weighted by molar-refractivity contribution is 5.90. The molecule has 0 N–H and O–H groups in total. The van der Waals surface area contributed by atoms with Crippen molar-refractivity contribution < 1.29 is 33.3 Å². The number of carbonyl (C=O) groups is 2. The zero-order valence-electron chi connectivity index (χ0n) is 45.3. The number of unbranched alkanes of at least 4 members (excludes halogenated alkanes) is 3. The largest absolute Gasteiger partial charge is 0.497 e. The van der Waals surface area contributed by atoms with Crippen molar-refractivity contribution in [3.63, 3.8) is 0 Å². The lowest BCUT2D eigenvalue weighted by atomic mass is 9.47. The van der Waals surface area contributed by atoms with E-state index in [1.165, 1.54) is 51.4 Å². The Hall–Kier alpha value is -5.77. The minimum Gasteiger partial charge on any atom is -0.497 e. The average molecular weight is 1010 g/mol. The summed E-state index contributed by atoms with van der Waals surface area (Å²) in [6.45, 7) is 14.0. The number of ether oxygens (including phenoxy) is 5. The number of allylic oxidation sites excluding steroid dienone is 1. The summed E-state index contributed by atoms with van der Waals surface area (Å²) in [5.74, 6) is 6.83. The van der Waals surface area contributed by atoms with Gasteiger partial charge in [0.15, 0.2) is 0 Å². The second kappa shape index (κ2) is 26.1. The first kappa shape index (κ1) is 54.5. The number of carbonyl (C=O) groups excluding carboxylic acids is 2. The van der Waals surface area contributed by atoms with E-state index in [-0.39, 0.29) is 23.5 Å². The molecule has 4 aliphatic carbocycles. The Morgan fingerprint density at radius 2 is 1.30 bits per heavy atom. The summed E-state index contributed by atoms with van der Waals surface area (Å²) in [5.41, 5.74) is 5.98. The smallest absolute Gasteiger partial charge is 0.338 e. The lowest BCUT2D eigenvalue weighted by Gasteiger charge is -2.58. The molecule has 4 aromatic carbocycles. The fraction of sp³-hybridized carbons (Fsp3) is 0.547. The Morgan fingerprint density at radius 1 is 0.662 bits per heavy atom. The maximum Gasteiger partial charge on any atom is 0.338 e. The van der Waals surface area contributed by atoms with Crippen molar-refractivity contribution >= 4 is 35.2 Å². The summed E-state index contributed by atoms with van der Waals surface area (Å²) in [6, 6.07) is 29.8. The summed E-state index contributed by atoms with van der Waals surface area (Å²) >= 11 is 0. The molecule has 0 aliphatic heterocycles. The highest BCUT2D eigenvalue weighted by Gasteiger charge is 2.59. The molecule has 0 radical (unpaired) electrons. The van der Waals surface area contributed by atoms with Crippen LogP contribution in [0.4, 0.5) is 17.1 Å². The van der Waals surface area contributed by atoms with E-state index in [4.69, 9.17) is 23.7 Å². The van der Waals surface area contributed by atoms with Gasteiger partial charge < -0.3 is 23.7 Å². The van der Waals surface area contributed by atoms with E-state index in [9.17, 15) is 9.59 Å². The number of hydrogen-bond acceptors (Lipinski definition) is 10. The van der Waals surface area contributed by atoms with Gasteiger partial charge in [0, 0.05) is 19.1 Å². The van der Waals surface area contributed by atoms with Gasteiger partial charge in [-0.1, -0.05) is 65.5 Å². The lowest BCUT2D eigenvalue weighted by Crippen LogP contribution is -2.51. The van der Waals surface area contributed by atoms with Crippen molar-refractivity contribution in [1.29, 1.82) is 0 Å². The number of nitrogens with zero attached hydrogens (tertiary/aromatic N) is 3. The molecule has 396 valence electrons. The van der Waals surface area contributed by atoms with Gasteiger partial charge in [-0.2, -0.15) is 10.2 Å². The molecule has 10 heteroatoms. The third-order valence-corrected chi connectivity index (χ3v) is 17.4. The highest BCUT2D eigenvalue weighted by atomic mass is 16.5. The Labute approximate surface area is 442 Å². The van der Waals surface area contributed by atoms with Gasteiger partial charge >= 0.3 is 11.9 Å². The molecule has 0 spiro atoms. The molecule has 0 unspecified atom stereocenters. The van der Waals surface area contributed by atoms with Gasteiger partial charge in [0.25, 0.3) is 0 Å². The van der Waals surface area contributed by atoms with E-state index in [0.29, 0.717) is 43.6 Å². The van der Waals surface area contributed by atoms with Gasteiger partial charge in [-0.25, -0.2) is 4.79 Å². The quantitative estimate of drug-likeness (QED) is 0.0213. The molecular weight excluding hydrogens is 923 g/mol. The first-order chi connectivity index (χ1) is 35.9. The Morgan fingerprint density at radius 3 is 1.97 bits per heavy atom. The second-order valence-corrected chi connectivity index (χ2v) is 22.8. The molecule has 4 aliphatic rings. The zero-order valence-corrected chi connectivity index (χ0v) is 45.3. The molecule has 0 aromatic heterocycles. The van der Waals surface area contributed by atoms with Gasteiger partial charge in [0.2, 0.25) is 0 Å². The van der Waals surface area contributed by atoms with E-state index < -0.39 is 0 Å². The number of aliphatic imine (C=N–C) groups is 1. The van der Waals surface area contributed by atoms with Crippen LogP contribution in [-0.2, 0) is 14.3 Å². The number of methoxy groups -OCH3 is 1. The SMILES string of the molecule is COc1ccc(N=Nc2ccc(OCCCCCCOC(=O)c3ccc(N=Cc4ccc(OCCCC(=O)O[C@H]5CC[C@@]6(C)C(=CC[C@H]7[C@@H]8CC[C@H]([C@H](C)CCCC(C)C)[C@@]8(C)CC[C@@H]76)C5)cc4)cc3)cc2)cc1. The lowest BCUT2D eigenvalue weighted by molar-refractivity contribution is -0.151. The number of esters is 2. The molecule has 4 aromatic rings. The number of azo groups is 1. The van der Waals surface area contributed by atoms with Gasteiger partial charge in [0.05, 0.1) is 49.6 Å². The fourth-order valence-corrected chi connectivity index (χ4v) is 13.3. The molecule has 8 rings (SSSR count). The minimum atomic E-state index is -0.337. The van der Waals surface area contributed by atoms with E-state index in [2.05, 4.69) is 55.9 Å². The van der Waals surface area contributed by atoms with E-state index >= 15 is 0 Å². The van der Waals surface area contributed by atoms with Crippen molar-refractivity contribution in [2.24, 2.45) is 61.6 Å². The number of fused-ring (bicyclic) bond motifs is 5. The van der Waals surface area contributed by atoms with Crippen LogP contribution in [-0.4, -0.2) is 51.2 Å². The molecule has 3 saturated carbocycles. The number of rotatable bonds is 25. The molecule has 3 fully saturated rings. The van der Waals surface area contributed by atoms with E-state index in [1.54, 1.807) is 31.0 Å². The van der Waals surface area contributed by atoms with Crippen LogP contribution in [0.3, 0.4) is 0 Å². The normalized spacial score (nSPS) is 24.7. The molecule has 0 saturated heterocycles. The van der Waals surface area contributed by atoms with E-state index in [0.717, 1.165) is 120 Å². The van der Waals surface area contributed by atoms with Crippen molar-refractivity contribution in [3.05, 3.63) is 120 Å². The van der Waals surface area contributed by atoms with Crippen LogP contribution in [0, 0.1) is 46.3 Å². The Bertz CT molecular complexity index is 2500. The van der Waals surface area contributed by atoms with Gasteiger partial charge in [-0.05, 0) is 226 Å². The molecule has 10 nitrogen and oxygen atoms in total.